The van der Waals surface area contributed by atoms with Crippen LogP contribution in [0.25, 0.3) is 0 Å². The van der Waals surface area contributed by atoms with Crippen LogP contribution in [-0.2, 0) is 38.2 Å². The molecular weight excluding hydrogens is 433 g/mol. The van der Waals surface area contributed by atoms with Gasteiger partial charge in [-0.25, -0.2) is 13.4 Å². The molecule has 1 aliphatic rings. The summed E-state index contributed by atoms with van der Waals surface area (Å²) in [5, 5.41) is 19.1. The summed E-state index contributed by atoms with van der Waals surface area (Å²) in [4.78, 5) is 33.7. The van der Waals surface area contributed by atoms with Crippen molar-refractivity contribution in [3.05, 3.63) is 32.6 Å². The van der Waals surface area contributed by atoms with Gasteiger partial charge < -0.3 is 24.4 Å². The van der Waals surface area contributed by atoms with Crippen LogP contribution in [0, 0.1) is 0 Å². The monoisotopic (exact) mass is 450 g/mol. The molecule has 154 valence electrons. The van der Waals surface area contributed by atoms with Crippen LogP contribution in [0.5, 0.6) is 0 Å². The fourth-order valence-electron chi connectivity index (χ4n) is 2.23. The van der Waals surface area contributed by atoms with Gasteiger partial charge in [0.05, 0.1) is 24.9 Å². The van der Waals surface area contributed by atoms with Gasteiger partial charge in [0, 0.05) is 12.6 Å². The van der Waals surface area contributed by atoms with Crippen LogP contribution in [-0.4, -0.2) is 43.5 Å². The molecule has 2 rings (SSSR count). The lowest BCUT2D eigenvalue weighted by atomic mass is 10.2. The second-order valence-corrected chi connectivity index (χ2v) is 8.65. The number of H-pyrrole nitrogens is 1. The predicted octanol–water partition coefficient (Wildman–Crippen LogP) is -1.11. The third kappa shape index (κ3) is 6.30. The van der Waals surface area contributed by atoms with Crippen molar-refractivity contribution in [2.75, 3.05) is 6.61 Å². The molecule has 1 fully saturated rings. The number of hydrogen-bond acceptors (Lipinski definition) is 11. The van der Waals surface area contributed by atoms with E-state index < -0.39 is 67.7 Å². The third-order valence-electron chi connectivity index (χ3n) is 3.43. The highest BCUT2D eigenvalue weighted by Gasteiger charge is 2.36. The molecule has 1 saturated heterocycles. The summed E-state index contributed by atoms with van der Waals surface area (Å²) in [6.45, 7) is -1.08. The highest BCUT2D eigenvalue weighted by atomic mass is 31.2. The van der Waals surface area contributed by atoms with Gasteiger partial charge in [-0.3, -0.25) is 28.0 Å². The lowest BCUT2D eigenvalue weighted by molar-refractivity contribution is -0.0412. The summed E-state index contributed by atoms with van der Waals surface area (Å²) in [5.41, 5.74) is -1.65. The molecule has 1 aromatic rings. The first kappa shape index (κ1) is 22.4. The quantitative estimate of drug-likeness (QED) is 0.331. The first-order chi connectivity index (χ1) is 12.7. The van der Waals surface area contributed by atoms with E-state index in [0.717, 1.165) is 10.8 Å². The van der Waals surface area contributed by atoms with Gasteiger partial charge in [0.15, 0.2) is 0 Å². The molecule has 1 aliphatic heterocycles. The summed E-state index contributed by atoms with van der Waals surface area (Å²) in [7, 11) is -10.4. The first-order valence-electron chi connectivity index (χ1n) is 7.29. The molecule has 0 radical (unpaired) electrons. The fourth-order valence-corrected chi connectivity index (χ4v) is 4.42. The van der Waals surface area contributed by atoms with E-state index in [1.54, 1.807) is 0 Å². The molecule has 6 atom stereocenters. The molecule has 4 N–H and O–H groups in total. The average Bonchev–Trinajstić information content (AvgIpc) is 2.93. The summed E-state index contributed by atoms with van der Waals surface area (Å²) < 4.78 is 52.2. The third-order valence-corrected chi connectivity index (χ3v) is 6.53. The van der Waals surface area contributed by atoms with Gasteiger partial charge in [-0.15, -0.1) is 0 Å². The van der Waals surface area contributed by atoms with Crippen molar-refractivity contribution < 1.29 is 46.7 Å². The molecule has 14 nitrogen and oxygen atoms in total. The number of nitrogens with zero attached hydrogens (tertiary/aromatic N) is 1. The number of aromatic amines is 1. The fraction of sp³-hybridized carbons (Fsp3) is 0.600. The Labute approximate surface area is 152 Å². The molecule has 2 heterocycles. The maximum absolute atomic E-state index is 11.9. The Morgan fingerprint density at radius 3 is 2.59 bits per heavy atom. The minimum Gasteiger partial charge on any atom is -0.391 e. The molecule has 0 aromatic carbocycles. The summed E-state index contributed by atoms with van der Waals surface area (Å²) in [5.74, 6) is 0. The van der Waals surface area contributed by atoms with Gasteiger partial charge in [-0.05, 0) is 0 Å². The van der Waals surface area contributed by atoms with Gasteiger partial charge in [0.2, 0.25) is 0 Å². The van der Waals surface area contributed by atoms with Gasteiger partial charge in [0.1, 0.15) is 12.3 Å². The maximum Gasteiger partial charge on any atom is 0.333 e. The molecule has 0 amide bonds. The van der Waals surface area contributed by atoms with E-state index in [0.29, 0.717) is 0 Å². The highest BCUT2D eigenvalue weighted by molar-refractivity contribution is 7.53. The van der Waals surface area contributed by atoms with Crippen molar-refractivity contribution in [2.45, 2.75) is 31.5 Å². The second-order valence-electron chi connectivity index (χ2n) is 5.19. The van der Waals surface area contributed by atoms with E-state index in [1.165, 1.54) is 0 Å². The standard InChI is InChI=1S/C10H17N2O12P3/c13-3-5-2-12(10(16)11-9(5)15)8-1-6(14)7(22-8)4-21-26(19)24-27(20)23-25(17)18/h2,6-8,13-14,25-27H,1,3-4H2,(H,17,18)(H,11,15,16)/t6-,7-,8-/m1/s1. The summed E-state index contributed by atoms with van der Waals surface area (Å²) in [6.07, 6.45) is -2.14. The van der Waals surface area contributed by atoms with Crippen LogP contribution in [0.3, 0.4) is 0 Å². The summed E-state index contributed by atoms with van der Waals surface area (Å²) >= 11 is 0. The number of aromatic nitrogens is 2. The van der Waals surface area contributed by atoms with Gasteiger partial charge in [-0.2, -0.15) is 0 Å². The molecule has 0 spiro atoms. The minimum absolute atomic E-state index is 0.0706. The van der Waals surface area contributed by atoms with Crippen LogP contribution in [0.4, 0.5) is 0 Å². The summed E-state index contributed by atoms with van der Waals surface area (Å²) in [6, 6.07) is 0. The molecule has 0 bridgehead atoms. The van der Waals surface area contributed by atoms with E-state index in [2.05, 4.69) is 8.62 Å². The van der Waals surface area contributed by atoms with E-state index in [4.69, 9.17) is 19.3 Å². The zero-order valence-electron chi connectivity index (χ0n) is 13.4. The molecule has 0 aliphatic carbocycles. The molecule has 3 unspecified atom stereocenters. The smallest absolute Gasteiger partial charge is 0.333 e. The van der Waals surface area contributed by atoms with Crippen molar-refractivity contribution in [3.63, 3.8) is 0 Å². The Hall–Kier alpha value is -0.910. The Morgan fingerprint density at radius 1 is 1.26 bits per heavy atom. The molecule has 1 aromatic heterocycles. The number of nitrogens with one attached hydrogen (secondary N) is 1. The van der Waals surface area contributed by atoms with Crippen LogP contribution in [0.1, 0.15) is 18.2 Å². The Bertz CT molecular complexity index is 853. The molecule has 17 heteroatoms. The van der Waals surface area contributed by atoms with Crippen LogP contribution >= 0.6 is 24.8 Å². The van der Waals surface area contributed by atoms with Crippen molar-refractivity contribution >= 4 is 24.8 Å². The first-order valence-corrected chi connectivity index (χ1v) is 11.0. The predicted molar refractivity (Wildman–Crippen MR) is 89.1 cm³/mol. The topological polar surface area (TPSA) is 204 Å². The minimum atomic E-state index is -3.53. The number of aliphatic hydroxyl groups excluding tert-OH is 2. The molecular formula is C10H17N2O12P3. The van der Waals surface area contributed by atoms with Crippen molar-refractivity contribution in [2.24, 2.45) is 0 Å². The Kier molecular flexibility index (Phi) is 8.32. The van der Waals surface area contributed by atoms with Gasteiger partial charge in [-0.1, -0.05) is 0 Å². The molecule has 0 saturated carbocycles. The lowest BCUT2D eigenvalue weighted by Gasteiger charge is -2.16. The van der Waals surface area contributed by atoms with Gasteiger partial charge >= 0.3 is 30.5 Å². The Morgan fingerprint density at radius 2 is 1.96 bits per heavy atom. The van der Waals surface area contributed by atoms with Crippen molar-refractivity contribution in [1.29, 1.82) is 0 Å². The highest BCUT2D eigenvalue weighted by Crippen LogP contribution is 2.45. The average molecular weight is 450 g/mol. The second kappa shape index (κ2) is 10.0. The lowest BCUT2D eigenvalue weighted by Crippen LogP contribution is -2.34. The van der Waals surface area contributed by atoms with E-state index in [9.17, 15) is 28.4 Å². The number of hydrogen-bond donors (Lipinski definition) is 4. The molecule has 27 heavy (non-hydrogen) atoms. The number of ether oxygens (including phenoxy) is 1. The van der Waals surface area contributed by atoms with Crippen LogP contribution < -0.4 is 11.2 Å². The van der Waals surface area contributed by atoms with Crippen LogP contribution in [0.15, 0.2) is 15.8 Å². The van der Waals surface area contributed by atoms with E-state index >= 15 is 0 Å². The number of rotatable bonds is 9. The van der Waals surface area contributed by atoms with Crippen LogP contribution in [0.2, 0.25) is 0 Å². The van der Waals surface area contributed by atoms with Crippen molar-refractivity contribution in [3.8, 4) is 0 Å². The van der Waals surface area contributed by atoms with E-state index in [-0.39, 0.29) is 12.0 Å². The maximum atomic E-state index is 11.9. The SMILES string of the molecule is O=c1[nH]c(=O)n([C@H]2C[C@@H](O)[C@@H](CO[PH](=O)O[PH](=O)O[PH](=O)O)O2)cc1CO. The van der Waals surface area contributed by atoms with Gasteiger partial charge in [0.25, 0.3) is 5.56 Å². The zero-order chi connectivity index (χ0) is 20.1. The normalized spacial score (nSPS) is 26.0. The zero-order valence-corrected chi connectivity index (χ0v) is 16.4. The largest absolute Gasteiger partial charge is 0.391 e. The van der Waals surface area contributed by atoms with Crippen molar-refractivity contribution in [1.82, 2.24) is 9.55 Å². The number of aliphatic hydroxyl groups is 2. The Balaban J connectivity index is 1.96. The van der Waals surface area contributed by atoms with E-state index in [1.807, 2.05) is 4.98 Å².